The quantitative estimate of drug-likeness (QED) is 0.753. The van der Waals surface area contributed by atoms with Crippen molar-refractivity contribution in [3.63, 3.8) is 0 Å². The Labute approximate surface area is 104 Å². The molecule has 2 unspecified atom stereocenters. The van der Waals surface area contributed by atoms with Crippen LogP contribution in [0.5, 0.6) is 0 Å². The average Bonchev–Trinajstić information content (AvgIpc) is 2.63. The molecule has 4 atom stereocenters. The van der Waals surface area contributed by atoms with E-state index in [0.717, 1.165) is 32.1 Å². The van der Waals surface area contributed by atoms with Crippen molar-refractivity contribution in [2.24, 2.45) is 23.5 Å². The SMILES string of the molecule is CC1CC(C)CC(OC(=O)[C@@H]2CC[C@H](N)C2)C1. The highest BCUT2D eigenvalue weighted by Crippen LogP contribution is 2.32. The van der Waals surface area contributed by atoms with Gasteiger partial charge in [-0.3, -0.25) is 4.79 Å². The molecule has 0 radical (unpaired) electrons. The zero-order chi connectivity index (χ0) is 12.4. The number of rotatable bonds is 2. The second-order valence-electron chi connectivity index (χ2n) is 6.25. The van der Waals surface area contributed by atoms with E-state index in [1.807, 2.05) is 0 Å². The average molecular weight is 239 g/mol. The van der Waals surface area contributed by atoms with Gasteiger partial charge in [0.1, 0.15) is 6.10 Å². The van der Waals surface area contributed by atoms with Gasteiger partial charge in [-0.1, -0.05) is 13.8 Å². The number of nitrogens with two attached hydrogens (primary N) is 1. The summed E-state index contributed by atoms with van der Waals surface area (Å²) in [6.45, 7) is 4.50. The molecule has 17 heavy (non-hydrogen) atoms. The third-order valence-corrected chi connectivity index (χ3v) is 4.22. The molecule has 2 aliphatic carbocycles. The molecule has 0 heterocycles. The lowest BCUT2D eigenvalue weighted by Gasteiger charge is -2.31. The molecule has 0 bridgehead atoms. The monoisotopic (exact) mass is 239 g/mol. The summed E-state index contributed by atoms with van der Waals surface area (Å²) in [5.41, 5.74) is 5.83. The summed E-state index contributed by atoms with van der Waals surface area (Å²) in [4.78, 5) is 12.0. The molecule has 0 aromatic carbocycles. The van der Waals surface area contributed by atoms with Gasteiger partial charge in [-0.2, -0.15) is 0 Å². The minimum Gasteiger partial charge on any atom is -0.462 e. The highest BCUT2D eigenvalue weighted by molar-refractivity contribution is 5.73. The number of ether oxygens (including phenoxy) is 1. The van der Waals surface area contributed by atoms with Gasteiger partial charge in [0.25, 0.3) is 0 Å². The summed E-state index contributed by atoms with van der Waals surface area (Å²) < 4.78 is 5.67. The number of esters is 1. The number of hydrogen-bond acceptors (Lipinski definition) is 3. The summed E-state index contributed by atoms with van der Waals surface area (Å²) in [6, 6.07) is 0.205. The first-order chi connectivity index (χ1) is 8.04. The highest BCUT2D eigenvalue weighted by atomic mass is 16.5. The number of carbonyl (C=O) groups is 1. The maximum atomic E-state index is 12.0. The molecule has 2 rings (SSSR count). The third kappa shape index (κ3) is 3.44. The lowest BCUT2D eigenvalue weighted by Crippen LogP contribution is -2.30. The van der Waals surface area contributed by atoms with Crippen molar-refractivity contribution in [3.8, 4) is 0 Å². The Morgan fingerprint density at radius 3 is 2.24 bits per heavy atom. The Bertz CT molecular complexity index is 269. The van der Waals surface area contributed by atoms with Crippen LogP contribution in [0.4, 0.5) is 0 Å². The fourth-order valence-corrected chi connectivity index (χ4v) is 3.46. The van der Waals surface area contributed by atoms with Gasteiger partial charge in [-0.15, -0.1) is 0 Å². The first-order valence-electron chi connectivity index (χ1n) is 7.00. The van der Waals surface area contributed by atoms with E-state index in [1.54, 1.807) is 0 Å². The van der Waals surface area contributed by atoms with E-state index >= 15 is 0 Å². The van der Waals surface area contributed by atoms with E-state index in [0.29, 0.717) is 11.8 Å². The predicted octanol–water partition coefficient (Wildman–Crippen LogP) is 2.48. The predicted molar refractivity (Wildman–Crippen MR) is 67.4 cm³/mol. The van der Waals surface area contributed by atoms with Crippen LogP contribution >= 0.6 is 0 Å². The minimum absolute atomic E-state index is 0.00394. The molecule has 0 aliphatic heterocycles. The number of hydrogen-bond donors (Lipinski definition) is 1. The van der Waals surface area contributed by atoms with Crippen molar-refractivity contribution in [2.45, 2.75) is 64.5 Å². The van der Waals surface area contributed by atoms with Gasteiger partial charge in [0, 0.05) is 6.04 Å². The van der Waals surface area contributed by atoms with E-state index in [9.17, 15) is 4.79 Å². The smallest absolute Gasteiger partial charge is 0.309 e. The Morgan fingerprint density at radius 1 is 1.06 bits per heavy atom. The summed E-state index contributed by atoms with van der Waals surface area (Å²) in [6.07, 6.45) is 6.19. The van der Waals surface area contributed by atoms with Crippen LogP contribution in [0.1, 0.15) is 52.4 Å². The van der Waals surface area contributed by atoms with Crippen LogP contribution in [0.25, 0.3) is 0 Å². The molecule has 2 saturated carbocycles. The maximum Gasteiger partial charge on any atom is 0.309 e. The first-order valence-corrected chi connectivity index (χ1v) is 7.00. The zero-order valence-electron chi connectivity index (χ0n) is 11.0. The standard InChI is InChI=1S/C14H25NO2/c1-9-5-10(2)7-13(6-9)17-14(16)11-3-4-12(15)8-11/h9-13H,3-8,15H2,1-2H3/t9?,10?,11-,12+,13?/m1/s1. The summed E-state index contributed by atoms with van der Waals surface area (Å²) in [5.74, 6) is 1.44. The second kappa shape index (κ2) is 5.38. The van der Waals surface area contributed by atoms with E-state index in [-0.39, 0.29) is 24.0 Å². The molecular weight excluding hydrogens is 214 g/mol. The lowest BCUT2D eigenvalue weighted by molar-refractivity contribution is -0.156. The molecule has 0 amide bonds. The van der Waals surface area contributed by atoms with E-state index in [4.69, 9.17) is 10.5 Å². The Hall–Kier alpha value is -0.570. The van der Waals surface area contributed by atoms with Crippen molar-refractivity contribution >= 4 is 5.97 Å². The lowest BCUT2D eigenvalue weighted by atomic mass is 9.82. The Kier molecular flexibility index (Phi) is 4.08. The molecule has 2 fully saturated rings. The first kappa shape index (κ1) is 12.9. The molecule has 2 aliphatic rings. The molecule has 0 aromatic rings. The van der Waals surface area contributed by atoms with Gasteiger partial charge >= 0.3 is 5.97 Å². The zero-order valence-corrected chi connectivity index (χ0v) is 11.0. The third-order valence-electron chi connectivity index (χ3n) is 4.22. The van der Waals surface area contributed by atoms with Gasteiger partial charge in [0.2, 0.25) is 0 Å². The molecule has 3 heteroatoms. The van der Waals surface area contributed by atoms with Crippen LogP contribution in [0, 0.1) is 17.8 Å². The minimum atomic E-state index is 0.00394. The highest BCUT2D eigenvalue weighted by Gasteiger charge is 2.32. The van der Waals surface area contributed by atoms with Crippen LogP contribution in [0.3, 0.4) is 0 Å². The van der Waals surface area contributed by atoms with Gasteiger partial charge in [-0.25, -0.2) is 0 Å². The van der Waals surface area contributed by atoms with E-state index in [2.05, 4.69) is 13.8 Å². The van der Waals surface area contributed by atoms with Crippen molar-refractivity contribution in [1.82, 2.24) is 0 Å². The molecule has 98 valence electrons. The van der Waals surface area contributed by atoms with Crippen molar-refractivity contribution in [2.75, 3.05) is 0 Å². The molecule has 2 N–H and O–H groups in total. The second-order valence-corrected chi connectivity index (χ2v) is 6.25. The largest absolute Gasteiger partial charge is 0.462 e. The van der Waals surface area contributed by atoms with Crippen LogP contribution in [-0.2, 0) is 9.53 Å². The van der Waals surface area contributed by atoms with Gasteiger partial charge in [0.05, 0.1) is 5.92 Å². The van der Waals surface area contributed by atoms with Crippen LogP contribution in [-0.4, -0.2) is 18.1 Å². The van der Waals surface area contributed by atoms with Crippen molar-refractivity contribution in [1.29, 1.82) is 0 Å². The summed E-state index contributed by atoms with van der Waals surface area (Å²) in [7, 11) is 0. The van der Waals surface area contributed by atoms with E-state index in [1.165, 1.54) is 6.42 Å². The molecule has 0 spiro atoms. The Morgan fingerprint density at radius 2 is 1.71 bits per heavy atom. The molecule has 0 saturated heterocycles. The van der Waals surface area contributed by atoms with Crippen LogP contribution < -0.4 is 5.73 Å². The van der Waals surface area contributed by atoms with E-state index < -0.39 is 0 Å². The normalized spacial score (nSPS) is 42.4. The number of carbonyl (C=O) groups excluding carboxylic acids is 1. The van der Waals surface area contributed by atoms with Gasteiger partial charge in [-0.05, 0) is 50.4 Å². The molecular formula is C14H25NO2. The van der Waals surface area contributed by atoms with Gasteiger partial charge in [0.15, 0.2) is 0 Å². The fraction of sp³-hybridized carbons (Fsp3) is 0.929. The van der Waals surface area contributed by atoms with Crippen LogP contribution in [0.15, 0.2) is 0 Å². The summed E-state index contributed by atoms with van der Waals surface area (Å²) >= 11 is 0. The van der Waals surface area contributed by atoms with Crippen molar-refractivity contribution < 1.29 is 9.53 Å². The summed E-state index contributed by atoms with van der Waals surface area (Å²) in [5, 5.41) is 0. The fourth-order valence-electron chi connectivity index (χ4n) is 3.46. The van der Waals surface area contributed by atoms with Crippen molar-refractivity contribution in [3.05, 3.63) is 0 Å². The molecule has 0 aromatic heterocycles. The topological polar surface area (TPSA) is 52.3 Å². The molecule has 3 nitrogen and oxygen atoms in total. The Balaban J connectivity index is 1.81. The van der Waals surface area contributed by atoms with Crippen LogP contribution in [0.2, 0.25) is 0 Å². The van der Waals surface area contributed by atoms with Gasteiger partial charge < -0.3 is 10.5 Å². The maximum absolute atomic E-state index is 12.0.